The zero-order chi connectivity index (χ0) is 8.77. The van der Waals surface area contributed by atoms with Gasteiger partial charge in [-0.25, -0.2) is 0 Å². The van der Waals surface area contributed by atoms with Gasteiger partial charge in [0.05, 0.1) is 0 Å². The largest absolute Gasteiger partial charge is 0.300 e. The summed E-state index contributed by atoms with van der Waals surface area (Å²) < 4.78 is 0. The van der Waals surface area contributed by atoms with Crippen molar-refractivity contribution in [1.82, 2.24) is 4.90 Å². The van der Waals surface area contributed by atoms with Crippen LogP contribution in [0.3, 0.4) is 0 Å². The highest BCUT2D eigenvalue weighted by atomic mass is 15.2. The molecule has 0 N–H and O–H groups in total. The fraction of sp³-hybridized carbons (Fsp3) is 1.00. The molecular weight excluding hydrogens is 146 g/mol. The van der Waals surface area contributed by atoms with Crippen LogP contribution in [0, 0.1) is 11.8 Å². The molecule has 2 rings (SSSR count). The Hall–Kier alpha value is -0.0400. The first-order valence-corrected chi connectivity index (χ1v) is 5.36. The molecule has 12 heavy (non-hydrogen) atoms. The molecule has 70 valence electrons. The van der Waals surface area contributed by atoms with Crippen molar-refractivity contribution in [1.29, 1.82) is 0 Å². The minimum Gasteiger partial charge on any atom is -0.300 e. The second kappa shape index (κ2) is 2.73. The highest BCUT2D eigenvalue weighted by Gasteiger charge is 2.47. The number of likely N-dealkylation sites (tertiary alicyclic amines) is 1. The van der Waals surface area contributed by atoms with E-state index < -0.39 is 0 Å². The van der Waals surface area contributed by atoms with Crippen LogP contribution in [0.15, 0.2) is 0 Å². The molecule has 1 aliphatic carbocycles. The lowest BCUT2D eigenvalue weighted by atomic mass is 9.73. The first kappa shape index (κ1) is 8.55. The Labute approximate surface area is 76.1 Å². The van der Waals surface area contributed by atoms with Crippen LogP contribution in [0.5, 0.6) is 0 Å². The molecule has 1 saturated carbocycles. The quantitative estimate of drug-likeness (QED) is 0.580. The average Bonchev–Trinajstić information content (AvgIpc) is 2.24. The fourth-order valence-electron chi connectivity index (χ4n) is 3.44. The first-order valence-electron chi connectivity index (χ1n) is 5.36. The van der Waals surface area contributed by atoms with Crippen molar-refractivity contribution >= 4 is 0 Å². The maximum absolute atomic E-state index is 2.63. The molecule has 1 heterocycles. The van der Waals surface area contributed by atoms with Gasteiger partial charge >= 0.3 is 0 Å². The SMILES string of the molecule is CC(C)[C@]12CCC[C@H](CN1C)C2. The van der Waals surface area contributed by atoms with Gasteiger partial charge < -0.3 is 4.90 Å². The van der Waals surface area contributed by atoms with Gasteiger partial charge in [-0.1, -0.05) is 20.3 Å². The number of rotatable bonds is 1. The molecule has 0 spiro atoms. The highest BCUT2D eigenvalue weighted by molar-refractivity contribution is 5.02. The summed E-state index contributed by atoms with van der Waals surface area (Å²) >= 11 is 0. The van der Waals surface area contributed by atoms with Gasteiger partial charge in [0.25, 0.3) is 0 Å². The van der Waals surface area contributed by atoms with E-state index in [4.69, 9.17) is 0 Å². The van der Waals surface area contributed by atoms with E-state index in [2.05, 4.69) is 25.8 Å². The molecule has 0 aromatic rings. The summed E-state index contributed by atoms with van der Waals surface area (Å²) in [7, 11) is 2.32. The van der Waals surface area contributed by atoms with Crippen molar-refractivity contribution < 1.29 is 0 Å². The highest BCUT2D eigenvalue weighted by Crippen LogP contribution is 2.46. The molecule has 1 nitrogen and oxygen atoms in total. The number of hydrogen-bond acceptors (Lipinski definition) is 1. The van der Waals surface area contributed by atoms with E-state index in [1.54, 1.807) is 0 Å². The Morgan fingerprint density at radius 1 is 1.42 bits per heavy atom. The lowest BCUT2D eigenvalue weighted by Crippen LogP contribution is -2.46. The fourth-order valence-corrected chi connectivity index (χ4v) is 3.44. The Morgan fingerprint density at radius 2 is 2.17 bits per heavy atom. The van der Waals surface area contributed by atoms with Crippen molar-refractivity contribution in [3.63, 3.8) is 0 Å². The minimum absolute atomic E-state index is 0.586. The Balaban J connectivity index is 2.22. The summed E-state index contributed by atoms with van der Waals surface area (Å²) in [5, 5.41) is 0. The van der Waals surface area contributed by atoms with E-state index in [1.165, 1.54) is 32.2 Å². The normalized spacial score (nSPS) is 42.5. The minimum atomic E-state index is 0.586. The predicted molar refractivity (Wildman–Crippen MR) is 52.2 cm³/mol. The van der Waals surface area contributed by atoms with Gasteiger partial charge in [-0.15, -0.1) is 0 Å². The molecule has 0 aromatic carbocycles. The summed E-state index contributed by atoms with van der Waals surface area (Å²) in [5.74, 6) is 1.86. The third-order valence-corrected chi connectivity index (χ3v) is 4.23. The van der Waals surface area contributed by atoms with Crippen LogP contribution in [-0.2, 0) is 0 Å². The van der Waals surface area contributed by atoms with Gasteiger partial charge in [-0.2, -0.15) is 0 Å². The van der Waals surface area contributed by atoms with Crippen LogP contribution in [0.2, 0.25) is 0 Å². The van der Waals surface area contributed by atoms with Crippen molar-refractivity contribution in [2.24, 2.45) is 11.8 Å². The van der Waals surface area contributed by atoms with Crippen molar-refractivity contribution in [3.8, 4) is 0 Å². The topological polar surface area (TPSA) is 3.24 Å². The van der Waals surface area contributed by atoms with Gasteiger partial charge in [0.1, 0.15) is 0 Å². The molecule has 0 aromatic heterocycles. The first-order chi connectivity index (χ1) is 5.65. The van der Waals surface area contributed by atoms with Crippen LogP contribution in [0.25, 0.3) is 0 Å². The molecule has 2 aliphatic rings. The zero-order valence-electron chi connectivity index (χ0n) is 8.64. The summed E-state index contributed by atoms with van der Waals surface area (Å²) in [4.78, 5) is 2.63. The maximum Gasteiger partial charge on any atom is 0.0232 e. The third-order valence-electron chi connectivity index (χ3n) is 4.23. The van der Waals surface area contributed by atoms with Gasteiger partial charge in [0.15, 0.2) is 0 Å². The number of hydrogen-bond donors (Lipinski definition) is 0. The van der Waals surface area contributed by atoms with Crippen molar-refractivity contribution in [2.45, 2.75) is 45.1 Å². The van der Waals surface area contributed by atoms with E-state index in [1.807, 2.05) is 0 Å². The summed E-state index contributed by atoms with van der Waals surface area (Å²) in [6.07, 6.45) is 5.87. The van der Waals surface area contributed by atoms with E-state index in [0.29, 0.717) is 5.54 Å². The average molecular weight is 167 g/mol. The lowest BCUT2D eigenvalue weighted by molar-refractivity contribution is 0.0964. The zero-order valence-corrected chi connectivity index (χ0v) is 8.64. The Bertz CT molecular complexity index is 176. The van der Waals surface area contributed by atoms with Crippen LogP contribution >= 0.6 is 0 Å². The standard InChI is InChI=1S/C11H21N/c1-9(2)11-6-4-5-10(7-11)8-12(11)3/h9-10H,4-8H2,1-3H3/t10-,11+/m0/s1. The van der Waals surface area contributed by atoms with Crippen LogP contribution in [0.4, 0.5) is 0 Å². The molecule has 0 radical (unpaired) electrons. The van der Waals surface area contributed by atoms with E-state index in [0.717, 1.165) is 11.8 Å². The molecule has 2 bridgehead atoms. The van der Waals surface area contributed by atoms with Crippen molar-refractivity contribution in [3.05, 3.63) is 0 Å². The van der Waals surface area contributed by atoms with Crippen molar-refractivity contribution in [2.75, 3.05) is 13.6 Å². The number of nitrogens with zero attached hydrogens (tertiary/aromatic N) is 1. The van der Waals surface area contributed by atoms with Gasteiger partial charge in [-0.05, 0) is 38.1 Å². The number of fused-ring (bicyclic) bond motifs is 2. The maximum atomic E-state index is 2.63. The third kappa shape index (κ3) is 1.02. The van der Waals surface area contributed by atoms with Gasteiger partial charge in [-0.3, -0.25) is 0 Å². The summed E-state index contributed by atoms with van der Waals surface area (Å²) in [5.41, 5.74) is 0.586. The van der Waals surface area contributed by atoms with E-state index >= 15 is 0 Å². The molecule has 0 amide bonds. The van der Waals surface area contributed by atoms with Gasteiger partial charge in [0, 0.05) is 12.1 Å². The van der Waals surface area contributed by atoms with Crippen LogP contribution in [0.1, 0.15) is 39.5 Å². The van der Waals surface area contributed by atoms with Crippen LogP contribution < -0.4 is 0 Å². The summed E-state index contributed by atoms with van der Waals surface area (Å²) in [6, 6.07) is 0. The molecule has 2 fully saturated rings. The van der Waals surface area contributed by atoms with Gasteiger partial charge in [0.2, 0.25) is 0 Å². The Morgan fingerprint density at radius 3 is 2.75 bits per heavy atom. The molecule has 0 unspecified atom stereocenters. The summed E-state index contributed by atoms with van der Waals surface area (Å²) in [6.45, 7) is 6.15. The molecule has 1 aliphatic heterocycles. The predicted octanol–water partition coefficient (Wildman–Crippen LogP) is 2.52. The molecule has 1 saturated heterocycles. The van der Waals surface area contributed by atoms with Crippen LogP contribution in [-0.4, -0.2) is 24.0 Å². The smallest absolute Gasteiger partial charge is 0.0232 e. The van der Waals surface area contributed by atoms with E-state index in [-0.39, 0.29) is 0 Å². The van der Waals surface area contributed by atoms with E-state index in [9.17, 15) is 0 Å². The lowest BCUT2D eigenvalue weighted by Gasteiger charge is -2.41. The Kier molecular flexibility index (Phi) is 1.95. The monoisotopic (exact) mass is 167 g/mol. The molecular formula is C11H21N. The molecule has 2 atom stereocenters. The molecule has 1 heteroatoms. The second-order valence-corrected chi connectivity index (χ2v) is 5.10. The second-order valence-electron chi connectivity index (χ2n) is 5.10.